The van der Waals surface area contributed by atoms with Crippen LogP contribution in [0.25, 0.3) is 0 Å². The SMILES string of the molecule is CCN(CC)C1CCN(CC[C@@H](N)CSc2ccccc2)CC1. The van der Waals surface area contributed by atoms with E-state index in [1.807, 2.05) is 11.8 Å². The summed E-state index contributed by atoms with van der Waals surface area (Å²) in [5.74, 6) is 1.01. The Labute approximate surface area is 146 Å². The number of hydrogen-bond donors (Lipinski definition) is 1. The Kier molecular flexibility index (Phi) is 8.45. The fourth-order valence-corrected chi connectivity index (χ4v) is 4.32. The molecule has 2 rings (SSSR count). The van der Waals surface area contributed by atoms with Crippen LogP contribution in [0, 0.1) is 0 Å². The van der Waals surface area contributed by atoms with Gasteiger partial charge in [-0.15, -0.1) is 11.8 Å². The fraction of sp³-hybridized carbons (Fsp3) is 0.684. The van der Waals surface area contributed by atoms with Crippen molar-refractivity contribution >= 4 is 11.8 Å². The predicted molar refractivity (Wildman–Crippen MR) is 102 cm³/mol. The Morgan fingerprint density at radius 1 is 1.17 bits per heavy atom. The second-order valence-corrected chi connectivity index (χ2v) is 7.56. The summed E-state index contributed by atoms with van der Waals surface area (Å²) in [6, 6.07) is 11.7. The van der Waals surface area contributed by atoms with Crippen molar-refractivity contribution in [3.8, 4) is 0 Å². The average Bonchev–Trinajstić information content (AvgIpc) is 2.61. The molecule has 2 N–H and O–H groups in total. The monoisotopic (exact) mass is 335 g/mol. The summed E-state index contributed by atoms with van der Waals surface area (Å²) in [5, 5.41) is 0. The van der Waals surface area contributed by atoms with E-state index >= 15 is 0 Å². The molecular weight excluding hydrogens is 302 g/mol. The van der Waals surface area contributed by atoms with E-state index in [0.29, 0.717) is 6.04 Å². The van der Waals surface area contributed by atoms with Gasteiger partial charge >= 0.3 is 0 Å². The van der Waals surface area contributed by atoms with E-state index in [1.54, 1.807) is 0 Å². The normalized spacial score (nSPS) is 18.4. The molecule has 1 aliphatic rings. The summed E-state index contributed by atoms with van der Waals surface area (Å²) < 4.78 is 0. The van der Waals surface area contributed by atoms with Crippen LogP contribution in [0.2, 0.25) is 0 Å². The maximum atomic E-state index is 6.30. The van der Waals surface area contributed by atoms with Crippen LogP contribution in [0.1, 0.15) is 33.1 Å². The molecule has 1 aliphatic heterocycles. The largest absolute Gasteiger partial charge is 0.327 e. The van der Waals surface area contributed by atoms with Crippen LogP contribution in [-0.2, 0) is 0 Å². The molecule has 1 fully saturated rings. The zero-order valence-corrected chi connectivity index (χ0v) is 15.6. The van der Waals surface area contributed by atoms with Crippen molar-refractivity contribution < 1.29 is 0 Å². The van der Waals surface area contributed by atoms with Gasteiger partial charge in [0.1, 0.15) is 0 Å². The molecule has 1 saturated heterocycles. The molecule has 1 aromatic carbocycles. The van der Waals surface area contributed by atoms with Gasteiger partial charge in [0.2, 0.25) is 0 Å². The van der Waals surface area contributed by atoms with Gasteiger partial charge in [0, 0.05) is 22.7 Å². The molecule has 1 aromatic rings. The van der Waals surface area contributed by atoms with Crippen LogP contribution in [0.5, 0.6) is 0 Å². The van der Waals surface area contributed by atoms with E-state index in [2.05, 4.69) is 54.0 Å². The number of rotatable bonds is 9. The molecule has 23 heavy (non-hydrogen) atoms. The van der Waals surface area contributed by atoms with Gasteiger partial charge in [-0.1, -0.05) is 32.0 Å². The highest BCUT2D eigenvalue weighted by Gasteiger charge is 2.22. The third-order valence-electron chi connectivity index (χ3n) is 4.91. The number of nitrogens with two attached hydrogens (primary N) is 1. The van der Waals surface area contributed by atoms with Gasteiger partial charge in [0.25, 0.3) is 0 Å². The van der Waals surface area contributed by atoms with Crippen molar-refractivity contribution in [2.24, 2.45) is 5.73 Å². The third kappa shape index (κ3) is 6.46. The summed E-state index contributed by atoms with van der Waals surface area (Å²) in [6.45, 7) is 10.5. The zero-order chi connectivity index (χ0) is 16.5. The van der Waals surface area contributed by atoms with Gasteiger partial charge in [-0.3, -0.25) is 0 Å². The molecule has 130 valence electrons. The molecule has 0 spiro atoms. The maximum absolute atomic E-state index is 6.30. The van der Waals surface area contributed by atoms with Gasteiger partial charge in [-0.05, 0) is 64.1 Å². The quantitative estimate of drug-likeness (QED) is 0.702. The highest BCUT2D eigenvalue weighted by Crippen LogP contribution is 2.19. The first kappa shape index (κ1) is 18.8. The van der Waals surface area contributed by atoms with Crippen molar-refractivity contribution in [1.82, 2.24) is 9.80 Å². The molecule has 0 radical (unpaired) electrons. The van der Waals surface area contributed by atoms with E-state index in [0.717, 1.165) is 24.8 Å². The molecule has 0 bridgehead atoms. The van der Waals surface area contributed by atoms with E-state index < -0.39 is 0 Å². The van der Waals surface area contributed by atoms with Crippen LogP contribution in [0.3, 0.4) is 0 Å². The lowest BCUT2D eigenvalue weighted by atomic mass is 10.0. The van der Waals surface area contributed by atoms with E-state index in [4.69, 9.17) is 5.73 Å². The summed E-state index contributed by atoms with van der Waals surface area (Å²) in [5.41, 5.74) is 6.30. The number of nitrogens with zero attached hydrogens (tertiary/aromatic N) is 2. The minimum Gasteiger partial charge on any atom is -0.327 e. The first-order valence-corrected chi connectivity index (χ1v) is 10.1. The van der Waals surface area contributed by atoms with Gasteiger partial charge in [-0.25, -0.2) is 0 Å². The Morgan fingerprint density at radius 2 is 1.83 bits per heavy atom. The molecule has 0 aromatic heterocycles. The Morgan fingerprint density at radius 3 is 2.43 bits per heavy atom. The van der Waals surface area contributed by atoms with E-state index in [1.165, 1.54) is 43.9 Å². The first-order chi connectivity index (χ1) is 11.2. The molecule has 3 nitrogen and oxygen atoms in total. The third-order valence-corrected chi connectivity index (χ3v) is 6.11. The predicted octanol–water partition coefficient (Wildman–Crippen LogP) is 3.30. The molecule has 4 heteroatoms. The van der Waals surface area contributed by atoms with Crippen molar-refractivity contribution in [3.05, 3.63) is 30.3 Å². The van der Waals surface area contributed by atoms with Gasteiger partial charge in [0.15, 0.2) is 0 Å². The molecule has 0 saturated carbocycles. The number of hydrogen-bond acceptors (Lipinski definition) is 4. The van der Waals surface area contributed by atoms with Crippen LogP contribution in [0.4, 0.5) is 0 Å². The van der Waals surface area contributed by atoms with E-state index in [9.17, 15) is 0 Å². The lowest BCUT2D eigenvalue weighted by Crippen LogP contribution is -2.45. The zero-order valence-electron chi connectivity index (χ0n) is 14.8. The minimum atomic E-state index is 0.292. The smallest absolute Gasteiger partial charge is 0.0146 e. The van der Waals surface area contributed by atoms with Crippen LogP contribution >= 0.6 is 11.8 Å². The van der Waals surface area contributed by atoms with Crippen molar-refractivity contribution in [3.63, 3.8) is 0 Å². The van der Waals surface area contributed by atoms with Gasteiger partial charge < -0.3 is 15.5 Å². The molecule has 0 amide bonds. The molecule has 1 atom stereocenters. The standard InChI is InChI=1S/C19H33N3S/c1-3-22(4-2)18-11-14-21(15-12-18)13-10-17(20)16-23-19-8-6-5-7-9-19/h5-9,17-18H,3-4,10-16,20H2,1-2H3/t17-/m1/s1. The highest BCUT2D eigenvalue weighted by molar-refractivity contribution is 7.99. The minimum absolute atomic E-state index is 0.292. The lowest BCUT2D eigenvalue weighted by Gasteiger charge is -2.38. The maximum Gasteiger partial charge on any atom is 0.0146 e. The molecule has 1 heterocycles. The highest BCUT2D eigenvalue weighted by atomic mass is 32.2. The lowest BCUT2D eigenvalue weighted by molar-refractivity contribution is 0.115. The van der Waals surface area contributed by atoms with Crippen LogP contribution in [0.15, 0.2) is 35.2 Å². The Bertz CT molecular complexity index is 414. The molecular formula is C19H33N3S. The van der Waals surface area contributed by atoms with Gasteiger partial charge in [0.05, 0.1) is 0 Å². The number of piperidine rings is 1. The summed E-state index contributed by atoms with van der Waals surface area (Å²) in [6.07, 6.45) is 3.74. The first-order valence-electron chi connectivity index (χ1n) is 9.12. The van der Waals surface area contributed by atoms with Crippen LogP contribution in [-0.4, -0.2) is 60.4 Å². The number of likely N-dealkylation sites (tertiary alicyclic amines) is 1. The summed E-state index contributed by atoms with van der Waals surface area (Å²) in [4.78, 5) is 6.54. The Balaban J connectivity index is 1.61. The van der Waals surface area contributed by atoms with Crippen LogP contribution < -0.4 is 5.73 Å². The topological polar surface area (TPSA) is 32.5 Å². The van der Waals surface area contributed by atoms with Crippen molar-refractivity contribution in [2.45, 2.75) is 50.1 Å². The summed E-state index contributed by atoms with van der Waals surface area (Å²) >= 11 is 1.88. The van der Waals surface area contributed by atoms with Crippen molar-refractivity contribution in [1.29, 1.82) is 0 Å². The fourth-order valence-electron chi connectivity index (χ4n) is 3.40. The van der Waals surface area contributed by atoms with E-state index in [-0.39, 0.29) is 0 Å². The number of benzene rings is 1. The molecule has 0 unspecified atom stereocenters. The van der Waals surface area contributed by atoms with Crippen molar-refractivity contribution in [2.75, 3.05) is 38.5 Å². The summed E-state index contributed by atoms with van der Waals surface area (Å²) in [7, 11) is 0. The second kappa shape index (κ2) is 10.3. The van der Waals surface area contributed by atoms with Gasteiger partial charge in [-0.2, -0.15) is 0 Å². The molecule has 0 aliphatic carbocycles. The average molecular weight is 336 g/mol. The number of thioether (sulfide) groups is 1. The Hall–Kier alpha value is -0.550. The second-order valence-electron chi connectivity index (χ2n) is 6.47.